The van der Waals surface area contributed by atoms with E-state index in [4.69, 9.17) is 11.0 Å². The molecule has 1 aromatic heterocycles. The number of amides is 1. The van der Waals surface area contributed by atoms with E-state index < -0.39 is 0 Å². The van der Waals surface area contributed by atoms with Crippen LogP contribution in [-0.4, -0.2) is 20.7 Å². The first-order chi connectivity index (χ1) is 9.58. The molecule has 0 aliphatic rings. The molecule has 3 N–H and O–H groups in total. The zero-order valence-corrected chi connectivity index (χ0v) is 11.0. The summed E-state index contributed by atoms with van der Waals surface area (Å²) < 4.78 is 1.46. The van der Waals surface area contributed by atoms with Crippen molar-refractivity contribution in [2.45, 2.75) is 19.9 Å². The number of aromatic nitrogens is 3. The molecule has 7 nitrogen and oxygen atoms in total. The zero-order chi connectivity index (χ0) is 14.5. The number of carbonyl (C=O) groups is 1. The lowest BCUT2D eigenvalue weighted by molar-refractivity contribution is -0.116. The number of nitrogens with zero attached hydrogens (tertiary/aromatic N) is 4. The Labute approximate surface area is 116 Å². The molecule has 1 heterocycles. The lowest BCUT2D eigenvalue weighted by Gasteiger charge is -2.09. The molecule has 2 rings (SSSR count). The Morgan fingerprint density at radius 3 is 3.05 bits per heavy atom. The van der Waals surface area contributed by atoms with Crippen LogP contribution in [0.4, 0.5) is 11.4 Å². The van der Waals surface area contributed by atoms with Gasteiger partial charge in [0.05, 0.1) is 6.54 Å². The normalized spacial score (nSPS) is 10.0. The standard InChI is InChI=1S/C13H14N6O/c1-9-2-3-10(15)6-11(9)17-13(20)4-5-19-8-16-12(7-14)18-19/h2-3,6,8H,4-5,15H2,1H3,(H,17,20). The highest BCUT2D eigenvalue weighted by molar-refractivity contribution is 5.91. The van der Waals surface area contributed by atoms with Crippen LogP contribution in [0.3, 0.4) is 0 Å². The molecule has 0 unspecified atom stereocenters. The van der Waals surface area contributed by atoms with Crippen molar-refractivity contribution in [1.29, 1.82) is 5.26 Å². The van der Waals surface area contributed by atoms with Gasteiger partial charge in [-0.05, 0) is 24.6 Å². The van der Waals surface area contributed by atoms with Gasteiger partial charge in [-0.25, -0.2) is 4.98 Å². The summed E-state index contributed by atoms with van der Waals surface area (Å²) >= 11 is 0. The molecule has 7 heteroatoms. The van der Waals surface area contributed by atoms with E-state index in [-0.39, 0.29) is 18.2 Å². The number of nitrogens with two attached hydrogens (primary N) is 1. The summed E-state index contributed by atoms with van der Waals surface area (Å²) in [6, 6.07) is 7.18. The zero-order valence-electron chi connectivity index (χ0n) is 11.0. The minimum atomic E-state index is -0.146. The number of hydrogen-bond donors (Lipinski definition) is 2. The minimum absolute atomic E-state index is 0.0945. The van der Waals surface area contributed by atoms with Crippen LogP contribution in [-0.2, 0) is 11.3 Å². The van der Waals surface area contributed by atoms with Crippen LogP contribution < -0.4 is 11.1 Å². The second-order valence-electron chi connectivity index (χ2n) is 4.32. The van der Waals surface area contributed by atoms with Gasteiger partial charge in [0, 0.05) is 17.8 Å². The van der Waals surface area contributed by atoms with E-state index in [1.54, 1.807) is 12.1 Å². The monoisotopic (exact) mass is 270 g/mol. The van der Waals surface area contributed by atoms with Crippen molar-refractivity contribution in [2.24, 2.45) is 0 Å². The molecule has 0 saturated carbocycles. The fraction of sp³-hybridized carbons (Fsp3) is 0.231. The molecule has 0 saturated heterocycles. The maximum atomic E-state index is 11.8. The van der Waals surface area contributed by atoms with Crippen LogP contribution >= 0.6 is 0 Å². The van der Waals surface area contributed by atoms with Gasteiger partial charge in [-0.2, -0.15) is 5.26 Å². The first kappa shape index (κ1) is 13.5. The fourth-order valence-electron chi connectivity index (χ4n) is 1.66. The Balaban J connectivity index is 1.92. The number of hydrogen-bond acceptors (Lipinski definition) is 5. The molecule has 1 aromatic carbocycles. The topological polar surface area (TPSA) is 110 Å². The third-order valence-electron chi connectivity index (χ3n) is 2.74. The van der Waals surface area contributed by atoms with Crippen molar-refractivity contribution in [3.63, 3.8) is 0 Å². The average molecular weight is 270 g/mol. The van der Waals surface area contributed by atoms with Crippen molar-refractivity contribution in [3.8, 4) is 6.07 Å². The second-order valence-corrected chi connectivity index (χ2v) is 4.32. The van der Waals surface area contributed by atoms with E-state index in [2.05, 4.69) is 15.4 Å². The van der Waals surface area contributed by atoms with Gasteiger partial charge in [0.25, 0.3) is 5.82 Å². The summed E-state index contributed by atoms with van der Waals surface area (Å²) in [4.78, 5) is 15.6. The molecule has 0 atom stereocenters. The number of nitrogens with one attached hydrogen (secondary N) is 1. The third-order valence-corrected chi connectivity index (χ3v) is 2.74. The number of nitrogen functional groups attached to an aromatic ring is 1. The van der Waals surface area contributed by atoms with Crippen molar-refractivity contribution < 1.29 is 4.79 Å². The molecule has 1 amide bonds. The highest BCUT2D eigenvalue weighted by atomic mass is 16.1. The Hall–Kier alpha value is -2.88. The average Bonchev–Trinajstić information content (AvgIpc) is 2.89. The Morgan fingerprint density at radius 2 is 2.35 bits per heavy atom. The van der Waals surface area contributed by atoms with Gasteiger partial charge < -0.3 is 11.1 Å². The SMILES string of the molecule is Cc1ccc(N)cc1NC(=O)CCn1cnc(C#N)n1. The van der Waals surface area contributed by atoms with Gasteiger partial charge >= 0.3 is 0 Å². The maximum absolute atomic E-state index is 11.8. The van der Waals surface area contributed by atoms with Crippen LogP contribution in [0.25, 0.3) is 0 Å². The Bertz CT molecular complexity index is 670. The molecule has 0 fully saturated rings. The lowest BCUT2D eigenvalue weighted by atomic mass is 10.2. The van der Waals surface area contributed by atoms with Gasteiger partial charge in [0.1, 0.15) is 12.4 Å². The number of nitriles is 1. The largest absolute Gasteiger partial charge is 0.399 e. The molecule has 0 radical (unpaired) electrons. The summed E-state index contributed by atoms with van der Waals surface area (Å²) in [6.45, 7) is 2.26. The van der Waals surface area contributed by atoms with Gasteiger partial charge in [0.15, 0.2) is 0 Å². The number of carbonyl (C=O) groups excluding carboxylic acids is 1. The molecular weight excluding hydrogens is 256 g/mol. The van der Waals surface area contributed by atoms with Crippen LogP contribution in [0.2, 0.25) is 0 Å². The summed E-state index contributed by atoms with van der Waals surface area (Å²) in [7, 11) is 0. The third kappa shape index (κ3) is 3.32. The summed E-state index contributed by atoms with van der Waals surface area (Å²) in [5.41, 5.74) is 7.92. The van der Waals surface area contributed by atoms with Crippen molar-refractivity contribution in [2.75, 3.05) is 11.1 Å². The molecule has 2 aromatic rings. The Kier molecular flexibility index (Phi) is 3.96. The quantitative estimate of drug-likeness (QED) is 0.807. The van der Waals surface area contributed by atoms with Crippen LogP contribution in [0.5, 0.6) is 0 Å². The van der Waals surface area contributed by atoms with Crippen molar-refractivity contribution in [1.82, 2.24) is 14.8 Å². The minimum Gasteiger partial charge on any atom is -0.399 e. The Morgan fingerprint density at radius 1 is 1.55 bits per heavy atom. The van der Waals surface area contributed by atoms with Crippen LogP contribution in [0.1, 0.15) is 17.8 Å². The fourth-order valence-corrected chi connectivity index (χ4v) is 1.66. The van der Waals surface area contributed by atoms with Crippen LogP contribution in [0.15, 0.2) is 24.5 Å². The molecule has 0 aliphatic carbocycles. The highest BCUT2D eigenvalue weighted by Crippen LogP contribution is 2.18. The van der Waals surface area contributed by atoms with E-state index in [1.807, 2.05) is 19.1 Å². The van der Waals surface area contributed by atoms with E-state index >= 15 is 0 Å². The van der Waals surface area contributed by atoms with Crippen molar-refractivity contribution in [3.05, 3.63) is 35.9 Å². The summed E-state index contributed by atoms with van der Waals surface area (Å²) in [5, 5.41) is 15.3. The van der Waals surface area contributed by atoms with Gasteiger partial charge in [-0.1, -0.05) is 6.07 Å². The molecule has 0 spiro atoms. The molecule has 0 aliphatic heterocycles. The number of rotatable bonds is 4. The number of benzene rings is 1. The predicted molar refractivity (Wildman–Crippen MR) is 73.6 cm³/mol. The molecule has 0 bridgehead atoms. The molecule has 20 heavy (non-hydrogen) atoms. The molecule has 102 valence electrons. The van der Waals surface area contributed by atoms with Gasteiger partial charge in [-0.3, -0.25) is 9.48 Å². The first-order valence-corrected chi connectivity index (χ1v) is 6.04. The maximum Gasteiger partial charge on any atom is 0.252 e. The van der Waals surface area contributed by atoms with E-state index in [0.29, 0.717) is 17.9 Å². The predicted octanol–water partition coefficient (Wildman–Crippen LogP) is 1.07. The van der Waals surface area contributed by atoms with Gasteiger partial charge in [0.2, 0.25) is 5.91 Å². The van der Waals surface area contributed by atoms with Gasteiger partial charge in [-0.15, -0.1) is 5.10 Å². The van der Waals surface area contributed by atoms with Crippen LogP contribution in [0, 0.1) is 18.3 Å². The smallest absolute Gasteiger partial charge is 0.252 e. The molecular formula is C13H14N6O. The van der Waals surface area contributed by atoms with E-state index in [9.17, 15) is 4.79 Å². The summed E-state index contributed by atoms with van der Waals surface area (Å²) in [5.74, 6) is -0.0511. The highest BCUT2D eigenvalue weighted by Gasteiger charge is 2.06. The van der Waals surface area contributed by atoms with Crippen molar-refractivity contribution >= 4 is 17.3 Å². The second kappa shape index (κ2) is 5.84. The van der Waals surface area contributed by atoms with E-state index in [0.717, 1.165) is 5.56 Å². The van der Waals surface area contributed by atoms with E-state index in [1.165, 1.54) is 11.0 Å². The lowest BCUT2D eigenvalue weighted by Crippen LogP contribution is -2.15. The number of aryl methyl sites for hydroxylation is 2. The number of anilines is 2. The summed E-state index contributed by atoms with van der Waals surface area (Å²) in [6.07, 6.45) is 1.67. The first-order valence-electron chi connectivity index (χ1n) is 6.04.